The largest absolute Gasteiger partial charge is 0.481 e. The third kappa shape index (κ3) is 4.96. The van der Waals surface area contributed by atoms with Gasteiger partial charge in [0.1, 0.15) is 0 Å². The number of pyridine rings is 1. The van der Waals surface area contributed by atoms with E-state index in [9.17, 15) is 14.4 Å². The zero-order valence-electron chi connectivity index (χ0n) is 9.23. The van der Waals surface area contributed by atoms with E-state index in [2.05, 4.69) is 10.3 Å². The van der Waals surface area contributed by atoms with E-state index in [-0.39, 0.29) is 17.9 Å². The fourth-order valence-electron chi connectivity index (χ4n) is 1.29. The Hall–Kier alpha value is -2.11. The minimum atomic E-state index is -0.842. The molecular weight excluding hydrogens is 224 g/mol. The van der Waals surface area contributed by atoms with Gasteiger partial charge < -0.3 is 15.4 Å². The Labute approximate surface area is 97.7 Å². The van der Waals surface area contributed by atoms with Crippen LogP contribution in [0.5, 0.6) is 0 Å². The second-order valence-corrected chi connectivity index (χ2v) is 3.55. The molecular formula is C11H14N2O4. The summed E-state index contributed by atoms with van der Waals surface area (Å²) in [6, 6.07) is 2.72. The normalized spacial score (nSPS) is 9.88. The summed E-state index contributed by atoms with van der Waals surface area (Å²) in [7, 11) is 0. The number of carbonyl (C=O) groups excluding carboxylic acids is 1. The highest BCUT2D eigenvalue weighted by Gasteiger charge is 2.04. The van der Waals surface area contributed by atoms with Crippen molar-refractivity contribution in [2.75, 3.05) is 6.54 Å². The lowest BCUT2D eigenvalue weighted by Gasteiger charge is -2.03. The molecule has 1 aromatic heterocycles. The van der Waals surface area contributed by atoms with Crippen LogP contribution in [0.2, 0.25) is 0 Å². The molecule has 0 aliphatic rings. The van der Waals surface area contributed by atoms with Crippen molar-refractivity contribution in [1.29, 1.82) is 0 Å². The second kappa shape index (κ2) is 6.47. The number of unbranched alkanes of at least 4 members (excludes halogenated alkanes) is 1. The van der Waals surface area contributed by atoms with Crippen molar-refractivity contribution in [2.45, 2.75) is 19.3 Å². The molecule has 6 nitrogen and oxygen atoms in total. The first-order valence-corrected chi connectivity index (χ1v) is 5.28. The molecule has 0 atom stereocenters. The number of carboxylic acid groups (broad SMARTS) is 1. The average molecular weight is 238 g/mol. The Bertz CT molecular complexity index is 453. The molecule has 0 aliphatic heterocycles. The molecule has 1 aromatic rings. The molecule has 0 radical (unpaired) electrons. The van der Waals surface area contributed by atoms with Gasteiger partial charge in [-0.2, -0.15) is 0 Å². The van der Waals surface area contributed by atoms with Crippen molar-refractivity contribution in [3.8, 4) is 0 Å². The van der Waals surface area contributed by atoms with Gasteiger partial charge in [0.05, 0.1) is 0 Å². The van der Waals surface area contributed by atoms with Crippen LogP contribution in [-0.2, 0) is 4.79 Å². The Morgan fingerprint density at radius 1 is 1.35 bits per heavy atom. The van der Waals surface area contributed by atoms with Crippen LogP contribution in [0.15, 0.2) is 23.1 Å². The monoisotopic (exact) mass is 238 g/mol. The van der Waals surface area contributed by atoms with Crippen molar-refractivity contribution in [1.82, 2.24) is 10.3 Å². The third-order valence-electron chi connectivity index (χ3n) is 2.14. The van der Waals surface area contributed by atoms with E-state index in [0.29, 0.717) is 24.9 Å². The summed E-state index contributed by atoms with van der Waals surface area (Å²) in [5, 5.41) is 11.0. The van der Waals surface area contributed by atoms with Crippen LogP contribution in [0.4, 0.5) is 0 Å². The molecule has 1 rings (SSSR count). The maximum atomic E-state index is 11.5. The minimum absolute atomic E-state index is 0.0981. The topological polar surface area (TPSA) is 99.3 Å². The zero-order chi connectivity index (χ0) is 12.7. The quantitative estimate of drug-likeness (QED) is 0.623. The van der Waals surface area contributed by atoms with Crippen LogP contribution >= 0.6 is 0 Å². The maximum absolute atomic E-state index is 11.5. The molecule has 3 N–H and O–H groups in total. The average Bonchev–Trinajstić information content (AvgIpc) is 2.28. The first-order chi connectivity index (χ1) is 8.09. The third-order valence-corrected chi connectivity index (χ3v) is 2.14. The molecule has 0 unspecified atom stereocenters. The number of rotatable bonds is 6. The highest BCUT2D eigenvalue weighted by molar-refractivity contribution is 5.93. The van der Waals surface area contributed by atoms with Crippen LogP contribution in [0.25, 0.3) is 0 Å². The Morgan fingerprint density at radius 2 is 2.12 bits per heavy atom. The van der Waals surface area contributed by atoms with E-state index in [1.54, 1.807) is 0 Å². The van der Waals surface area contributed by atoms with Gasteiger partial charge in [-0.1, -0.05) is 0 Å². The summed E-state index contributed by atoms with van der Waals surface area (Å²) in [4.78, 5) is 35.1. The number of carboxylic acids is 1. The Morgan fingerprint density at radius 3 is 2.76 bits per heavy atom. The van der Waals surface area contributed by atoms with Crippen molar-refractivity contribution in [2.24, 2.45) is 0 Å². The van der Waals surface area contributed by atoms with Crippen molar-refractivity contribution >= 4 is 11.9 Å². The smallest absolute Gasteiger partial charge is 0.303 e. The summed E-state index contributed by atoms with van der Waals surface area (Å²) in [5.74, 6) is -1.17. The lowest BCUT2D eigenvalue weighted by Crippen LogP contribution is -2.25. The summed E-state index contributed by atoms with van der Waals surface area (Å²) >= 11 is 0. The predicted molar refractivity (Wildman–Crippen MR) is 60.9 cm³/mol. The first kappa shape index (κ1) is 13.0. The second-order valence-electron chi connectivity index (χ2n) is 3.55. The Kier molecular flexibility index (Phi) is 4.93. The van der Waals surface area contributed by atoms with Gasteiger partial charge in [0.2, 0.25) is 5.56 Å². The van der Waals surface area contributed by atoms with Gasteiger partial charge in [-0.15, -0.1) is 0 Å². The number of aromatic nitrogens is 1. The predicted octanol–water partition coefficient (Wildman–Crippen LogP) is 0.360. The molecule has 0 fully saturated rings. The molecule has 0 saturated carbocycles. The summed E-state index contributed by atoms with van der Waals surface area (Å²) < 4.78 is 0. The van der Waals surface area contributed by atoms with Gasteiger partial charge in [-0.3, -0.25) is 14.4 Å². The van der Waals surface area contributed by atoms with Gasteiger partial charge in [0.15, 0.2) is 0 Å². The van der Waals surface area contributed by atoms with Gasteiger partial charge in [0.25, 0.3) is 5.91 Å². The number of hydrogen-bond acceptors (Lipinski definition) is 3. The van der Waals surface area contributed by atoms with Crippen molar-refractivity contribution in [3.05, 3.63) is 34.2 Å². The fraction of sp³-hybridized carbons (Fsp3) is 0.364. The lowest BCUT2D eigenvalue weighted by atomic mass is 10.2. The number of hydrogen-bond donors (Lipinski definition) is 3. The minimum Gasteiger partial charge on any atom is -0.481 e. The molecule has 0 bridgehead atoms. The van der Waals surface area contributed by atoms with E-state index in [1.807, 2.05) is 0 Å². The highest BCUT2D eigenvalue weighted by Crippen LogP contribution is 1.96. The van der Waals surface area contributed by atoms with Crippen LogP contribution in [-0.4, -0.2) is 28.5 Å². The summed E-state index contributed by atoms with van der Waals surface area (Å²) in [5.41, 5.74) is -0.0319. The molecule has 17 heavy (non-hydrogen) atoms. The molecule has 1 heterocycles. The van der Waals surface area contributed by atoms with Crippen LogP contribution in [0.1, 0.15) is 29.6 Å². The van der Waals surface area contributed by atoms with Gasteiger partial charge >= 0.3 is 5.97 Å². The standard InChI is InChI=1S/C11H14N2O4/c14-9-7-8(4-6-12-9)11(17)13-5-2-1-3-10(15)16/h4,6-7H,1-3,5H2,(H,12,14)(H,13,17)(H,15,16). The fourth-order valence-corrected chi connectivity index (χ4v) is 1.29. The summed E-state index contributed by atoms with van der Waals surface area (Å²) in [6.07, 6.45) is 2.62. The molecule has 0 spiro atoms. The van der Waals surface area contributed by atoms with Crippen molar-refractivity contribution in [3.63, 3.8) is 0 Å². The van der Waals surface area contributed by atoms with Gasteiger partial charge in [0, 0.05) is 30.8 Å². The summed E-state index contributed by atoms with van der Waals surface area (Å²) in [6.45, 7) is 0.402. The first-order valence-electron chi connectivity index (χ1n) is 5.28. The molecule has 6 heteroatoms. The molecule has 1 amide bonds. The Balaban J connectivity index is 2.30. The number of aliphatic carboxylic acids is 1. The molecule has 92 valence electrons. The van der Waals surface area contributed by atoms with E-state index >= 15 is 0 Å². The van der Waals surface area contributed by atoms with E-state index in [4.69, 9.17) is 5.11 Å². The van der Waals surface area contributed by atoms with Gasteiger partial charge in [-0.25, -0.2) is 0 Å². The maximum Gasteiger partial charge on any atom is 0.303 e. The van der Waals surface area contributed by atoms with Gasteiger partial charge in [-0.05, 0) is 18.9 Å². The SMILES string of the molecule is O=C(O)CCCCNC(=O)c1cc[nH]c(=O)c1. The molecule has 0 aliphatic carbocycles. The van der Waals surface area contributed by atoms with Crippen LogP contribution < -0.4 is 10.9 Å². The number of H-pyrrole nitrogens is 1. The van der Waals surface area contributed by atoms with Crippen molar-refractivity contribution < 1.29 is 14.7 Å². The lowest BCUT2D eigenvalue weighted by molar-refractivity contribution is -0.137. The van der Waals surface area contributed by atoms with Crippen LogP contribution in [0.3, 0.4) is 0 Å². The van der Waals surface area contributed by atoms with Crippen LogP contribution in [0, 0.1) is 0 Å². The number of nitrogens with one attached hydrogen (secondary N) is 2. The number of amides is 1. The van der Waals surface area contributed by atoms with E-state index in [0.717, 1.165) is 0 Å². The van der Waals surface area contributed by atoms with E-state index in [1.165, 1.54) is 18.3 Å². The zero-order valence-corrected chi connectivity index (χ0v) is 9.23. The number of aromatic amines is 1. The number of carbonyl (C=O) groups is 2. The van der Waals surface area contributed by atoms with E-state index < -0.39 is 5.97 Å². The molecule has 0 aromatic carbocycles. The highest BCUT2D eigenvalue weighted by atomic mass is 16.4. The molecule has 0 saturated heterocycles.